The zero-order chi connectivity index (χ0) is 14.5. The van der Waals surface area contributed by atoms with E-state index < -0.39 is 0 Å². The summed E-state index contributed by atoms with van der Waals surface area (Å²) in [6.07, 6.45) is 3.25. The Labute approximate surface area is 121 Å². The highest BCUT2D eigenvalue weighted by molar-refractivity contribution is 5.91. The monoisotopic (exact) mass is 275 g/mol. The molecule has 1 saturated carbocycles. The Morgan fingerprint density at radius 1 is 1.45 bits per heavy atom. The number of hydrogen-bond donors (Lipinski definition) is 2. The maximum Gasteiger partial charge on any atom is 0.225 e. The molecule has 0 unspecified atom stereocenters. The molecule has 0 bridgehead atoms. The zero-order valence-electron chi connectivity index (χ0n) is 12.5. The number of aryl methyl sites for hydroxylation is 1. The molecule has 2 rings (SSSR count). The first-order chi connectivity index (χ1) is 9.58. The highest BCUT2D eigenvalue weighted by Gasteiger charge is 2.23. The molecule has 1 aromatic carbocycles. The fourth-order valence-corrected chi connectivity index (χ4v) is 2.34. The third-order valence-electron chi connectivity index (χ3n) is 3.84. The van der Waals surface area contributed by atoms with Crippen molar-refractivity contribution in [1.82, 2.24) is 4.90 Å². The average Bonchev–Trinajstić information content (AvgIpc) is 3.22. The van der Waals surface area contributed by atoms with Crippen molar-refractivity contribution in [3.63, 3.8) is 0 Å². The van der Waals surface area contributed by atoms with Gasteiger partial charge in [-0.2, -0.15) is 0 Å². The third kappa shape index (κ3) is 4.53. The maximum absolute atomic E-state index is 12.0. The minimum absolute atomic E-state index is 0.0760. The standard InChI is InChI=1S/C16H25N3O/c1-3-19(11-13-4-5-13)9-8-16(20)18-15-7-6-14(17)10-12(15)2/h6-7,10,13H,3-5,8-9,11,17H2,1-2H3,(H,18,20). The van der Waals surface area contributed by atoms with Crippen LogP contribution in [0.4, 0.5) is 11.4 Å². The van der Waals surface area contributed by atoms with Crippen molar-refractivity contribution in [2.75, 3.05) is 30.7 Å². The largest absolute Gasteiger partial charge is 0.399 e. The number of nitrogens with zero attached hydrogens (tertiary/aromatic N) is 1. The lowest BCUT2D eigenvalue weighted by molar-refractivity contribution is -0.116. The molecule has 3 N–H and O–H groups in total. The van der Waals surface area contributed by atoms with Gasteiger partial charge in [-0.15, -0.1) is 0 Å². The van der Waals surface area contributed by atoms with Gasteiger partial charge < -0.3 is 16.0 Å². The molecule has 110 valence electrons. The highest BCUT2D eigenvalue weighted by atomic mass is 16.1. The van der Waals surface area contributed by atoms with E-state index in [9.17, 15) is 4.79 Å². The Hall–Kier alpha value is -1.55. The summed E-state index contributed by atoms with van der Waals surface area (Å²) < 4.78 is 0. The molecule has 0 radical (unpaired) electrons. The van der Waals surface area contributed by atoms with Crippen LogP contribution in [0.2, 0.25) is 0 Å². The fourth-order valence-electron chi connectivity index (χ4n) is 2.34. The van der Waals surface area contributed by atoms with Crippen LogP contribution in [0.1, 0.15) is 31.7 Å². The molecule has 1 fully saturated rings. The van der Waals surface area contributed by atoms with Crippen molar-refractivity contribution in [1.29, 1.82) is 0 Å². The van der Waals surface area contributed by atoms with E-state index >= 15 is 0 Å². The molecular formula is C16H25N3O. The van der Waals surface area contributed by atoms with E-state index in [1.165, 1.54) is 12.8 Å². The number of amides is 1. The molecule has 1 amide bonds. The molecule has 1 aliphatic carbocycles. The predicted molar refractivity (Wildman–Crippen MR) is 83.7 cm³/mol. The second-order valence-electron chi connectivity index (χ2n) is 5.71. The van der Waals surface area contributed by atoms with Gasteiger partial charge in [0.25, 0.3) is 0 Å². The molecule has 4 heteroatoms. The molecule has 0 atom stereocenters. The Balaban J connectivity index is 1.79. The van der Waals surface area contributed by atoms with E-state index in [-0.39, 0.29) is 5.91 Å². The number of rotatable bonds is 7. The van der Waals surface area contributed by atoms with Crippen LogP contribution in [0.25, 0.3) is 0 Å². The van der Waals surface area contributed by atoms with Gasteiger partial charge in [0.05, 0.1) is 0 Å². The summed E-state index contributed by atoms with van der Waals surface area (Å²) in [6, 6.07) is 5.56. The topological polar surface area (TPSA) is 58.4 Å². The number of nitrogen functional groups attached to an aromatic ring is 1. The first-order valence-electron chi connectivity index (χ1n) is 7.46. The third-order valence-corrected chi connectivity index (χ3v) is 3.84. The zero-order valence-corrected chi connectivity index (χ0v) is 12.5. The van der Waals surface area contributed by atoms with E-state index in [0.717, 1.165) is 42.5 Å². The summed E-state index contributed by atoms with van der Waals surface area (Å²) in [6.45, 7) is 7.12. The molecule has 1 aliphatic rings. The Bertz CT molecular complexity index is 469. The van der Waals surface area contributed by atoms with Crippen LogP contribution in [0.3, 0.4) is 0 Å². The normalized spacial score (nSPS) is 14.6. The van der Waals surface area contributed by atoms with Gasteiger partial charge >= 0.3 is 0 Å². The van der Waals surface area contributed by atoms with E-state index in [1.54, 1.807) is 0 Å². The molecule has 0 aromatic heterocycles. The summed E-state index contributed by atoms with van der Waals surface area (Å²) in [7, 11) is 0. The smallest absolute Gasteiger partial charge is 0.225 e. The predicted octanol–water partition coefficient (Wildman–Crippen LogP) is 2.64. The van der Waals surface area contributed by atoms with E-state index in [2.05, 4.69) is 17.1 Å². The number of carbonyl (C=O) groups excluding carboxylic acids is 1. The fraction of sp³-hybridized carbons (Fsp3) is 0.562. The van der Waals surface area contributed by atoms with Gasteiger partial charge in [0.2, 0.25) is 5.91 Å². The molecule has 0 aliphatic heterocycles. The number of hydrogen-bond acceptors (Lipinski definition) is 3. The van der Waals surface area contributed by atoms with E-state index in [0.29, 0.717) is 6.42 Å². The van der Waals surface area contributed by atoms with Crippen LogP contribution in [0.15, 0.2) is 18.2 Å². The van der Waals surface area contributed by atoms with E-state index in [4.69, 9.17) is 5.73 Å². The number of benzene rings is 1. The van der Waals surface area contributed by atoms with Crippen molar-refractivity contribution >= 4 is 17.3 Å². The van der Waals surface area contributed by atoms with Crippen LogP contribution in [0, 0.1) is 12.8 Å². The summed E-state index contributed by atoms with van der Waals surface area (Å²) in [5.41, 5.74) is 8.29. The number of anilines is 2. The van der Waals surface area contributed by atoms with Crippen molar-refractivity contribution in [2.45, 2.75) is 33.1 Å². The lowest BCUT2D eigenvalue weighted by Crippen LogP contribution is -2.29. The van der Waals surface area contributed by atoms with Crippen molar-refractivity contribution < 1.29 is 4.79 Å². The summed E-state index contributed by atoms with van der Waals surface area (Å²) in [4.78, 5) is 14.4. The Kier molecular flexibility index (Phi) is 5.01. The number of carbonyl (C=O) groups is 1. The van der Waals surface area contributed by atoms with Gasteiger partial charge in [-0.25, -0.2) is 0 Å². The van der Waals surface area contributed by atoms with Gasteiger partial charge in [-0.1, -0.05) is 6.92 Å². The van der Waals surface area contributed by atoms with Crippen LogP contribution >= 0.6 is 0 Å². The second kappa shape index (κ2) is 6.75. The minimum Gasteiger partial charge on any atom is -0.399 e. The van der Waals surface area contributed by atoms with Crippen molar-refractivity contribution in [2.24, 2.45) is 5.92 Å². The average molecular weight is 275 g/mol. The maximum atomic E-state index is 12.0. The van der Waals surface area contributed by atoms with Crippen LogP contribution in [0.5, 0.6) is 0 Å². The molecule has 4 nitrogen and oxygen atoms in total. The molecule has 20 heavy (non-hydrogen) atoms. The van der Waals surface area contributed by atoms with E-state index in [1.807, 2.05) is 25.1 Å². The van der Waals surface area contributed by atoms with Crippen LogP contribution < -0.4 is 11.1 Å². The second-order valence-corrected chi connectivity index (χ2v) is 5.71. The molecule has 0 heterocycles. The SMILES string of the molecule is CCN(CCC(=O)Nc1ccc(N)cc1C)CC1CC1. The molecule has 1 aromatic rings. The first kappa shape index (κ1) is 14.9. The molecule has 0 spiro atoms. The summed E-state index contributed by atoms with van der Waals surface area (Å²) in [5, 5.41) is 2.96. The molecule has 0 saturated heterocycles. The van der Waals surface area contributed by atoms with Crippen LogP contribution in [-0.4, -0.2) is 30.4 Å². The lowest BCUT2D eigenvalue weighted by atomic mass is 10.1. The van der Waals surface area contributed by atoms with Gasteiger partial charge in [0, 0.05) is 30.9 Å². The minimum atomic E-state index is 0.0760. The number of nitrogens with one attached hydrogen (secondary N) is 1. The van der Waals surface area contributed by atoms with Gasteiger partial charge in [0.15, 0.2) is 0 Å². The van der Waals surface area contributed by atoms with Crippen LogP contribution in [-0.2, 0) is 4.79 Å². The Morgan fingerprint density at radius 2 is 2.20 bits per heavy atom. The lowest BCUT2D eigenvalue weighted by Gasteiger charge is -2.19. The number of nitrogens with two attached hydrogens (primary N) is 1. The van der Waals surface area contributed by atoms with Crippen molar-refractivity contribution in [3.05, 3.63) is 23.8 Å². The highest BCUT2D eigenvalue weighted by Crippen LogP contribution is 2.29. The first-order valence-corrected chi connectivity index (χ1v) is 7.46. The Morgan fingerprint density at radius 3 is 2.80 bits per heavy atom. The summed E-state index contributed by atoms with van der Waals surface area (Å²) in [5.74, 6) is 0.949. The summed E-state index contributed by atoms with van der Waals surface area (Å²) >= 11 is 0. The van der Waals surface area contributed by atoms with Gasteiger partial charge in [-0.3, -0.25) is 4.79 Å². The van der Waals surface area contributed by atoms with Gasteiger partial charge in [-0.05, 0) is 56.0 Å². The quantitative estimate of drug-likeness (QED) is 0.752. The van der Waals surface area contributed by atoms with Crippen molar-refractivity contribution in [3.8, 4) is 0 Å². The molecular weight excluding hydrogens is 250 g/mol. The van der Waals surface area contributed by atoms with Gasteiger partial charge in [0.1, 0.15) is 0 Å².